The Bertz CT molecular complexity index is 1470. The molecule has 10 nitrogen and oxygen atoms in total. The summed E-state index contributed by atoms with van der Waals surface area (Å²) in [5.74, 6) is 0. The highest BCUT2D eigenvalue weighted by Crippen LogP contribution is 2.13. The van der Waals surface area contributed by atoms with Crippen molar-refractivity contribution in [2.45, 2.75) is 227 Å². The van der Waals surface area contributed by atoms with Gasteiger partial charge in [0, 0.05) is 42.5 Å². The van der Waals surface area contributed by atoms with Gasteiger partial charge in [-0.15, -0.1) is 5.10 Å². The zero-order valence-electron chi connectivity index (χ0n) is 41.8. The molecule has 6 rings (SSSR count). The van der Waals surface area contributed by atoms with Gasteiger partial charge in [0.2, 0.25) is 5.65 Å². The topological polar surface area (TPSA) is 105 Å². The Labute approximate surface area is 379 Å². The van der Waals surface area contributed by atoms with E-state index in [1.165, 1.54) is 11.1 Å². The third-order valence-corrected chi connectivity index (χ3v) is 6.09. The zero-order chi connectivity index (χ0) is 45.8. The van der Waals surface area contributed by atoms with Crippen molar-refractivity contribution in [2.75, 3.05) is 0 Å². The number of rotatable bonds is 6. The van der Waals surface area contributed by atoms with Gasteiger partial charge >= 0.3 is 0 Å². The molecule has 60 heavy (non-hydrogen) atoms. The van der Waals surface area contributed by atoms with E-state index in [2.05, 4.69) is 92.7 Å². The van der Waals surface area contributed by atoms with Gasteiger partial charge in [0.15, 0.2) is 5.65 Å². The summed E-state index contributed by atoms with van der Waals surface area (Å²) in [5, 5.41) is 12.3. The van der Waals surface area contributed by atoms with Crippen molar-refractivity contribution in [3.63, 3.8) is 0 Å². The van der Waals surface area contributed by atoms with Gasteiger partial charge < -0.3 is 4.57 Å². The second-order valence-electron chi connectivity index (χ2n) is 9.75. The largest absolute Gasteiger partial charge is 0.329 e. The monoisotopic (exact) mass is 854 g/mol. The van der Waals surface area contributed by atoms with Crippen LogP contribution in [-0.4, -0.2) is 49.3 Å². The maximum absolute atomic E-state index is 4.30. The first-order valence-corrected chi connectivity index (χ1v) is 22.6. The lowest BCUT2D eigenvalue weighted by Gasteiger charge is -2.00. The molecule has 6 aromatic rings. The van der Waals surface area contributed by atoms with Crippen molar-refractivity contribution in [3.8, 4) is 0 Å². The molecule has 0 aliphatic heterocycles. The fraction of sp³-hybridized carbons (Fsp3) is 0.660. The SMILES string of the molecule is C.C.C.CC.CC.CC.CC.CC.CC.CC.CC.CC.CCCn1cnc2ncc(C)cc21.CCCn1ncc2ncc(C)cc21.CCCn1nnc2ncc(C)cc21.[2HH].[2HH].[2HH]. The summed E-state index contributed by atoms with van der Waals surface area (Å²) in [6.07, 6.45) is 12.5. The van der Waals surface area contributed by atoms with E-state index in [9.17, 15) is 0 Å². The van der Waals surface area contributed by atoms with Gasteiger partial charge in [0.25, 0.3) is 0 Å². The van der Waals surface area contributed by atoms with E-state index < -0.39 is 0 Å². The lowest BCUT2D eigenvalue weighted by atomic mass is 10.3. The van der Waals surface area contributed by atoms with E-state index in [0.29, 0.717) is 0 Å². The third kappa shape index (κ3) is 29.9. The highest BCUT2D eigenvalue weighted by molar-refractivity contribution is 5.74. The lowest BCUT2D eigenvalue weighted by molar-refractivity contribution is 0.595. The molecule has 0 atom stereocenters. The van der Waals surface area contributed by atoms with Crippen LogP contribution in [0.4, 0.5) is 0 Å². The Morgan fingerprint density at radius 3 is 1.27 bits per heavy atom. The van der Waals surface area contributed by atoms with E-state index in [4.69, 9.17) is 0 Å². The van der Waals surface area contributed by atoms with Crippen LogP contribution >= 0.6 is 0 Å². The maximum Gasteiger partial charge on any atom is 0.201 e. The van der Waals surface area contributed by atoms with Crippen LogP contribution < -0.4 is 0 Å². The molecular weight excluding hydrogens is 741 g/mol. The summed E-state index contributed by atoms with van der Waals surface area (Å²) in [6.45, 7) is 51.4. The number of aromatic nitrogens is 10. The summed E-state index contributed by atoms with van der Waals surface area (Å²) in [5.41, 5.74) is 9.39. The molecule has 0 spiro atoms. The predicted octanol–water partition coefficient (Wildman–Crippen LogP) is 17.7. The van der Waals surface area contributed by atoms with Crippen LogP contribution in [0, 0.1) is 20.8 Å². The van der Waals surface area contributed by atoms with Crippen molar-refractivity contribution in [3.05, 3.63) is 66.0 Å². The van der Waals surface area contributed by atoms with E-state index in [1.807, 2.05) is 172 Å². The third-order valence-electron chi connectivity index (χ3n) is 6.09. The van der Waals surface area contributed by atoms with Crippen molar-refractivity contribution in [2.24, 2.45) is 0 Å². The molecule has 0 aromatic carbocycles. The minimum absolute atomic E-state index is 0. The highest BCUT2D eigenvalue weighted by Gasteiger charge is 2.05. The number of pyridine rings is 3. The Balaban J connectivity index is -0.0000000504. The summed E-state index contributed by atoms with van der Waals surface area (Å²) >= 11 is 0. The normalized spacial score (nSPS) is 8.00. The van der Waals surface area contributed by atoms with Gasteiger partial charge in [-0.05, 0) is 74.9 Å². The Kier molecular flexibility index (Phi) is 72.5. The standard InChI is InChI=1S/2C10H13N3.C9H12N4.9C2H6.3CH4.3H2/c1-3-4-13-10-5-8(2)6-11-9(10)7-12-13;1-3-4-13-7-12-10-9(13)5-8(2)6-11-10;1-3-4-13-8-5-7(2)6-10-9(8)11-12-13;9*1-2;;;;;;/h2*5-7H,3-4H2,1-2H3;5-6H,3-4H2,1-2H3;9*1-2H3;3*1H4;3*1H/i;;;;;;;;;;;;;;;3*1+1. The molecule has 0 saturated carbocycles. The molecule has 0 N–H and O–H groups in total. The summed E-state index contributed by atoms with van der Waals surface area (Å²) in [4.78, 5) is 17.0. The van der Waals surface area contributed by atoms with Gasteiger partial charge in [0.05, 0.1) is 23.6 Å². The predicted molar refractivity (Wildman–Crippen MR) is 284 cm³/mol. The summed E-state index contributed by atoms with van der Waals surface area (Å²) < 4.78 is 6.06. The second kappa shape index (κ2) is 56.9. The Morgan fingerprint density at radius 1 is 0.433 bits per heavy atom. The van der Waals surface area contributed by atoms with Gasteiger partial charge in [-0.1, -0.05) is 173 Å². The Morgan fingerprint density at radius 2 is 0.817 bits per heavy atom. The van der Waals surface area contributed by atoms with E-state index >= 15 is 0 Å². The van der Waals surface area contributed by atoms with E-state index in [1.54, 1.807) is 0 Å². The molecule has 0 bridgehead atoms. The van der Waals surface area contributed by atoms with Crippen LogP contribution in [0.25, 0.3) is 33.4 Å². The summed E-state index contributed by atoms with van der Waals surface area (Å²) in [7, 11) is 0. The molecule has 0 radical (unpaired) electrons. The fourth-order valence-electron chi connectivity index (χ4n) is 4.25. The van der Waals surface area contributed by atoms with Crippen molar-refractivity contribution in [1.82, 2.24) is 49.3 Å². The average Bonchev–Trinajstić information content (AvgIpc) is 4.02. The molecule has 6 heterocycles. The van der Waals surface area contributed by atoms with Crippen LogP contribution in [0.1, 0.15) is 208 Å². The molecule has 0 fully saturated rings. The summed E-state index contributed by atoms with van der Waals surface area (Å²) in [6, 6.07) is 6.33. The number of nitrogens with zero attached hydrogens (tertiary/aromatic N) is 10. The molecule has 10 heteroatoms. The minimum Gasteiger partial charge on any atom is -0.329 e. The number of hydrogen-bond donors (Lipinski definition) is 0. The smallest absolute Gasteiger partial charge is 0.201 e. The Hall–Kier alpha value is -4.21. The number of imidazole rings is 1. The van der Waals surface area contributed by atoms with Crippen LogP contribution in [0.3, 0.4) is 0 Å². The van der Waals surface area contributed by atoms with Gasteiger partial charge in [-0.25, -0.2) is 19.6 Å². The number of fused-ring (bicyclic) bond motifs is 3. The average molecular weight is 855 g/mol. The number of hydrogen-bond acceptors (Lipinski definition) is 7. The highest BCUT2D eigenvalue weighted by atomic mass is 15.4. The quantitative estimate of drug-likeness (QED) is 0.164. The fourth-order valence-corrected chi connectivity index (χ4v) is 4.25. The molecule has 6 aromatic heterocycles. The van der Waals surface area contributed by atoms with Gasteiger partial charge in [-0.3, -0.25) is 9.67 Å². The molecule has 0 aliphatic carbocycles. The lowest BCUT2D eigenvalue weighted by Crippen LogP contribution is -1.98. The van der Waals surface area contributed by atoms with E-state index in [-0.39, 0.29) is 26.6 Å². The maximum atomic E-state index is 4.30. The molecule has 0 unspecified atom stereocenters. The zero-order valence-corrected chi connectivity index (χ0v) is 41.8. The van der Waals surface area contributed by atoms with Gasteiger partial charge in [0.1, 0.15) is 11.0 Å². The molecule has 0 aliphatic rings. The van der Waals surface area contributed by atoms with Crippen LogP contribution in [0.5, 0.6) is 0 Å². The van der Waals surface area contributed by atoms with Crippen LogP contribution in [-0.2, 0) is 19.6 Å². The van der Waals surface area contributed by atoms with Crippen molar-refractivity contribution in [1.29, 1.82) is 0 Å². The molecule has 0 saturated heterocycles. The molecule has 360 valence electrons. The first-order chi connectivity index (χ1) is 27.9. The first-order valence-electron chi connectivity index (χ1n) is 22.6. The molecule has 0 amide bonds. The van der Waals surface area contributed by atoms with Crippen molar-refractivity contribution >= 4 is 33.4 Å². The first kappa shape index (κ1) is 76.5. The van der Waals surface area contributed by atoms with Crippen LogP contribution in [0.2, 0.25) is 0 Å². The second-order valence-corrected chi connectivity index (χ2v) is 9.75. The van der Waals surface area contributed by atoms with Crippen molar-refractivity contribution < 1.29 is 4.28 Å². The van der Waals surface area contributed by atoms with Crippen LogP contribution in [0.15, 0.2) is 49.3 Å². The number of aryl methyl sites for hydroxylation is 6. The minimum atomic E-state index is 0. The van der Waals surface area contributed by atoms with E-state index in [0.717, 1.165) is 77.8 Å². The molecular formula is C50H110N10. The van der Waals surface area contributed by atoms with Gasteiger partial charge in [-0.2, -0.15) is 5.10 Å².